The molecule has 0 amide bonds. The number of fused-ring (bicyclic) bond motifs is 3. The predicted molar refractivity (Wildman–Crippen MR) is 107 cm³/mol. The SMILES string of the molecule is Cc1nccn1CC1CCc2c(c3ccccc3n2C)/C1=N/OC(=O)C1CC1. The molecule has 2 heterocycles. The van der Waals surface area contributed by atoms with Crippen LogP contribution in [-0.2, 0) is 29.6 Å². The molecule has 0 saturated heterocycles. The van der Waals surface area contributed by atoms with E-state index in [1.165, 1.54) is 16.6 Å². The number of aromatic nitrogens is 3. The molecule has 2 aromatic heterocycles. The quantitative estimate of drug-likeness (QED) is 0.516. The van der Waals surface area contributed by atoms with E-state index in [0.717, 1.165) is 49.3 Å². The molecule has 5 rings (SSSR count). The summed E-state index contributed by atoms with van der Waals surface area (Å²) in [6, 6.07) is 8.39. The van der Waals surface area contributed by atoms with Gasteiger partial charge in [0.2, 0.25) is 0 Å². The summed E-state index contributed by atoms with van der Waals surface area (Å²) in [5, 5.41) is 5.64. The third-order valence-corrected chi connectivity index (χ3v) is 6.09. The second-order valence-electron chi connectivity index (χ2n) is 7.92. The number of para-hydroxylation sites is 1. The van der Waals surface area contributed by atoms with Gasteiger partial charge >= 0.3 is 5.97 Å². The van der Waals surface area contributed by atoms with E-state index in [2.05, 4.69) is 50.6 Å². The molecule has 0 spiro atoms. The summed E-state index contributed by atoms with van der Waals surface area (Å²) in [5.41, 5.74) is 4.48. The third-order valence-electron chi connectivity index (χ3n) is 6.09. The molecule has 1 atom stereocenters. The topological polar surface area (TPSA) is 61.4 Å². The summed E-state index contributed by atoms with van der Waals surface area (Å²) in [6.07, 6.45) is 7.61. The fraction of sp³-hybridized carbons (Fsp3) is 0.409. The predicted octanol–water partition coefficient (Wildman–Crippen LogP) is 3.60. The molecule has 1 fully saturated rings. The Hall–Kier alpha value is -2.89. The summed E-state index contributed by atoms with van der Waals surface area (Å²) in [6.45, 7) is 2.80. The van der Waals surface area contributed by atoms with Crippen molar-refractivity contribution in [3.8, 4) is 0 Å². The van der Waals surface area contributed by atoms with E-state index in [1.54, 1.807) is 0 Å². The van der Waals surface area contributed by atoms with Gasteiger partial charge in [0.15, 0.2) is 0 Å². The number of rotatable bonds is 4. The fourth-order valence-electron chi connectivity index (χ4n) is 4.30. The van der Waals surface area contributed by atoms with Gasteiger partial charge in [-0.25, -0.2) is 9.78 Å². The number of carbonyl (C=O) groups is 1. The molecular formula is C22H24N4O2. The maximum Gasteiger partial charge on any atom is 0.338 e. The molecule has 0 N–H and O–H groups in total. The van der Waals surface area contributed by atoms with E-state index >= 15 is 0 Å². The number of hydrogen-bond donors (Lipinski definition) is 0. The maximum atomic E-state index is 12.2. The molecule has 144 valence electrons. The van der Waals surface area contributed by atoms with Crippen molar-refractivity contribution in [3.05, 3.63) is 53.7 Å². The number of nitrogens with zero attached hydrogens (tertiary/aromatic N) is 4. The summed E-state index contributed by atoms with van der Waals surface area (Å²) >= 11 is 0. The van der Waals surface area contributed by atoms with Crippen LogP contribution in [0.25, 0.3) is 10.9 Å². The van der Waals surface area contributed by atoms with Crippen molar-refractivity contribution in [3.63, 3.8) is 0 Å². The Morgan fingerprint density at radius 3 is 2.86 bits per heavy atom. The molecule has 6 heteroatoms. The molecule has 2 aliphatic carbocycles. The summed E-state index contributed by atoms with van der Waals surface area (Å²) in [7, 11) is 2.11. The molecule has 1 aromatic carbocycles. The van der Waals surface area contributed by atoms with Crippen LogP contribution in [0, 0.1) is 18.8 Å². The van der Waals surface area contributed by atoms with E-state index in [4.69, 9.17) is 4.84 Å². The molecule has 3 aromatic rings. The number of carbonyl (C=O) groups excluding carboxylic acids is 1. The van der Waals surface area contributed by atoms with Gasteiger partial charge in [-0.15, -0.1) is 0 Å². The fourth-order valence-corrected chi connectivity index (χ4v) is 4.30. The number of hydrogen-bond acceptors (Lipinski definition) is 4. The van der Waals surface area contributed by atoms with Crippen molar-refractivity contribution in [1.29, 1.82) is 0 Å². The van der Waals surface area contributed by atoms with Gasteiger partial charge < -0.3 is 14.0 Å². The normalized spacial score (nSPS) is 20.5. The van der Waals surface area contributed by atoms with Crippen molar-refractivity contribution in [2.45, 2.75) is 39.2 Å². The smallest absolute Gasteiger partial charge is 0.338 e. The highest BCUT2D eigenvalue weighted by Crippen LogP contribution is 2.36. The van der Waals surface area contributed by atoms with Gasteiger partial charge in [0.1, 0.15) is 5.82 Å². The van der Waals surface area contributed by atoms with Gasteiger partial charge in [-0.2, -0.15) is 0 Å². The number of benzene rings is 1. The molecular weight excluding hydrogens is 352 g/mol. The Morgan fingerprint density at radius 1 is 1.29 bits per heavy atom. The summed E-state index contributed by atoms with van der Waals surface area (Å²) in [5.74, 6) is 1.00. The highest BCUT2D eigenvalue weighted by molar-refractivity contribution is 6.14. The van der Waals surface area contributed by atoms with Crippen molar-refractivity contribution in [2.24, 2.45) is 24.0 Å². The summed E-state index contributed by atoms with van der Waals surface area (Å²) < 4.78 is 4.40. The number of imidazole rings is 1. The minimum absolute atomic E-state index is 0.0364. The van der Waals surface area contributed by atoms with Gasteiger partial charge in [-0.05, 0) is 38.7 Å². The number of aryl methyl sites for hydroxylation is 2. The van der Waals surface area contributed by atoms with Crippen LogP contribution < -0.4 is 0 Å². The van der Waals surface area contributed by atoms with Crippen LogP contribution in [0.15, 0.2) is 41.8 Å². The Balaban J connectivity index is 1.59. The first kappa shape index (κ1) is 17.2. The van der Waals surface area contributed by atoms with Gasteiger partial charge in [-0.1, -0.05) is 23.4 Å². The van der Waals surface area contributed by atoms with Crippen LogP contribution in [0.4, 0.5) is 0 Å². The van der Waals surface area contributed by atoms with Crippen LogP contribution in [-0.4, -0.2) is 25.8 Å². The van der Waals surface area contributed by atoms with E-state index in [9.17, 15) is 4.79 Å². The van der Waals surface area contributed by atoms with Crippen LogP contribution in [0.5, 0.6) is 0 Å². The molecule has 0 radical (unpaired) electrons. The molecule has 2 aliphatic rings. The van der Waals surface area contributed by atoms with Crippen molar-refractivity contribution in [1.82, 2.24) is 14.1 Å². The van der Waals surface area contributed by atoms with Gasteiger partial charge in [0, 0.05) is 54.1 Å². The molecule has 1 saturated carbocycles. The minimum Gasteiger partial charge on any atom is -0.347 e. The Bertz CT molecular complexity index is 1090. The average molecular weight is 376 g/mol. The van der Waals surface area contributed by atoms with Crippen LogP contribution in [0.2, 0.25) is 0 Å². The first-order valence-electron chi connectivity index (χ1n) is 9.96. The highest BCUT2D eigenvalue weighted by Gasteiger charge is 2.34. The molecule has 1 unspecified atom stereocenters. The Morgan fingerprint density at radius 2 is 2.11 bits per heavy atom. The third kappa shape index (κ3) is 2.84. The van der Waals surface area contributed by atoms with Gasteiger partial charge in [0.05, 0.1) is 11.6 Å². The lowest BCUT2D eigenvalue weighted by atomic mass is 9.84. The zero-order valence-electron chi connectivity index (χ0n) is 16.3. The van der Waals surface area contributed by atoms with Crippen molar-refractivity contribution < 1.29 is 9.63 Å². The molecule has 6 nitrogen and oxygen atoms in total. The average Bonchev–Trinajstić information content (AvgIpc) is 3.43. The van der Waals surface area contributed by atoms with E-state index in [1.807, 2.05) is 19.3 Å². The van der Waals surface area contributed by atoms with Crippen molar-refractivity contribution >= 4 is 22.6 Å². The molecule has 0 bridgehead atoms. The van der Waals surface area contributed by atoms with Crippen molar-refractivity contribution in [2.75, 3.05) is 0 Å². The van der Waals surface area contributed by atoms with Gasteiger partial charge in [-0.3, -0.25) is 0 Å². The zero-order chi connectivity index (χ0) is 19.3. The lowest BCUT2D eigenvalue weighted by Crippen LogP contribution is -2.28. The van der Waals surface area contributed by atoms with E-state index in [0.29, 0.717) is 0 Å². The second kappa shape index (κ2) is 6.62. The number of oxime groups is 1. The lowest BCUT2D eigenvalue weighted by Gasteiger charge is -2.25. The van der Waals surface area contributed by atoms with Crippen LogP contribution in [0.1, 0.15) is 36.3 Å². The second-order valence-corrected chi connectivity index (χ2v) is 7.92. The largest absolute Gasteiger partial charge is 0.347 e. The van der Waals surface area contributed by atoms with E-state index in [-0.39, 0.29) is 17.8 Å². The van der Waals surface area contributed by atoms with Gasteiger partial charge in [0.25, 0.3) is 0 Å². The molecule has 0 aliphatic heterocycles. The van der Waals surface area contributed by atoms with Crippen LogP contribution >= 0.6 is 0 Å². The van der Waals surface area contributed by atoms with E-state index < -0.39 is 0 Å². The van der Waals surface area contributed by atoms with Crippen LogP contribution in [0.3, 0.4) is 0 Å². The maximum absolute atomic E-state index is 12.2. The Labute approximate surface area is 163 Å². The summed E-state index contributed by atoms with van der Waals surface area (Å²) in [4.78, 5) is 21.9. The first-order chi connectivity index (χ1) is 13.6. The lowest BCUT2D eigenvalue weighted by molar-refractivity contribution is -0.145. The zero-order valence-corrected chi connectivity index (χ0v) is 16.3. The minimum atomic E-state index is -0.197. The monoisotopic (exact) mass is 376 g/mol. The molecule has 28 heavy (non-hydrogen) atoms. The Kier molecular flexibility index (Phi) is 4.07. The standard InChI is InChI=1S/C22H24N4O2/c1-14-23-11-12-26(14)13-16-9-10-19-20(17-5-3-4-6-18(17)25(19)2)21(16)24-28-22(27)15-7-8-15/h3-6,11-12,15-16H,7-10,13H2,1-2H3/b24-21+. The highest BCUT2D eigenvalue weighted by atomic mass is 16.7. The first-order valence-corrected chi connectivity index (χ1v) is 9.96.